The molecule has 5 rings (SSSR count). The molecule has 0 amide bonds. The number of aromatic nitrogens is 4. The Labute approximate surface area is 173 Å². The van der Waals surface area contributed by atoms with Crippen LogP contribution in [-0.2, 0) is 4.74 Å². The number of para-hydroxylation sites is 1. The highest BCUT2D eigenvalue weighted by Gasteiger charge is 2.20. The first kappa shape index (κ1) is 18.4. The lowest BCUT2D eigenvalue weighted by Gasteiger charge is -2.24. The third kappa shape index (κ3) is 3.66. The highest BCUT2D eigenvalue weighted by Crippen LogP contribution is 2.29. The molecule has 1 atom stereocenters. The summed E-state index contributed by atoms with van der Waals surface area (Å²) in [6, 6.07) is 13.4. The van der Waals surface area contributed by atoms with Crippen LogP contribution in [0, 0.1) is 0 Å². The Bertz CT molecular complexity index is 1190. The van der Waals surface area contributed by atoms with Gasteiger partial charge < -0.3 is 21.1 Å². The summed E-state index contributed by atoms with van der Waals surface area (Å²) in [5.41, 5.74) is 10.7. The van der Waals surface area contributed by atoms with Gasteiger partial charge in [-0.2, -0.15) is 0 Å². The molecule has 150 valence electrons. The number of ether oxygens (including phenoxy) is 1. The maximum atomic E-state index is 5.95. The number of nitrogens with one attached hydrogen (secondary N) is 2. The van der Waals surface area contributed by atoms with Crippen molar-refractivity contribution in [2.75, 3.05) is 30.7 Å². The van der Waals surface area contributed by atoms with Gasteiger partial charge in [0.25, 0.3) is 0 Å². The molecule has 0 aliphatic carbocycles. The monoisotopic (exact) mass is 399 g/mol. The number of benzene rings is 1. The van der Waals surface area contributed by atoms with E-state index in [9.17, 15) is 0 Å². The number of pyridine rings is 2. The van der Waals surface area contributed by atoms with Gasteiger partial charge in [0.05, 0.1) is 29.2 Å². The molecule has 0 radical (unpaired) electrons. The summed E-state index contributed by atoms with van der Waals surface area (Å²) in [5.74, 6) is 0.483. The first-order chi connectivity index (χ1) is 14.8. The van der Waals surface area contributed by atoms with Gasteiger partial charge in [0.15, 0.2) is 0 Å². The average molecular weight is 399 g/mol. The minimum Gasteiger partial charge on any atom is -0.399 e. The molecule has 0 saturated carbocycles. The zero-order valence-corrected chi connectivity index (χ0v) is 16.2. The predicted molar refractivity (Wildman–Crippen MR) is 116 cm³/mol. The van der Waals surface area contributed by atoms with E-state index in [0.717, 1.165) is 46.6 Å². The second kappa shape index (κ2) is 8.02. The summed E-state index contributed by atoms with van der Waals surface area (Å²) in [6.07, 6.45) is 5.15. The fraction of sp³-hybridized carbons (Fsp3) is 0.182. The molecule has 1 aromatic carbocycles. The molecule has 4 heterocycles. The van der Waals surface area contributed by atoms with Crippen molar-refractivity contribution < 1.29 is 4.74 Å². The van der Waals surface area contributed by atoms with E-state index in [-0.39, 0.29) is 6.10 Å². The van der Waals surface area contributed by atoms with Crippen molar-refractivity contribution in [1.29, 1.82) is 0 Å². The van der Waals surface area contributed by atoms with Gasteiger partial charge in [-0.15, -0.1) is 0 Å². The number of hydrogen-bond donors (Lipinski definition) is 3. The highest BCUT2D eigenvalue weighted by atomic mass is 16.5. The number of fused-ring (bicyclic) bond motifs is 1. The maximum absolute atomic E-state index is 5.95. The van der Waals surface area contributed by atoms with Crippen molar-refractivity contribution in [3.8, 4) is 11.3 Å². The van der Waals surface area contributed by atoms with Crippen LogP contribution in [0.25, 0.3) is 22.2 Å². The average Bonchev–Trinajstić information content (AvgIpc) is 2.80. The van der Waals surface area contributed by atoms with Crippen molar-refractivity contribution in [3.63, 3.8) is 0 Å². The molecular formula is C22H21N7O. The van der Waals surface area contributed by atoms with E-state index in [1.807, 2.05) is 36.4 Å². The largest absolute Gasteiger partial charge is 0.399 e. The smallest absolute Gasteiger partial charge is 0.227 e. The highest BCUT2D eigenvalue weighted by molar-refractivity contribution is 5.93. The summed E-state index contributed by atoms with van der Waals surface area (Å²) in [7, 11) is 0. The Morgan fingerprint density at radius 1 is 1.07 bits per heavy atom. The lowest BCUT2D eigenvalue weighted by molar-refractivity contribution is 0.0255. The number of hydrogen-bond acceptors (Lipinski definition) is 8. The fourth-order valence-electron chi connectivity index (χ4n) is 3.56. The Kier molecular flexibility index (Phi) is 4.92. The molecule has 1 aliphatic heterocycles. The second-order valence-electron chi connectivity index (χ2n) is 7.04. The Balaban J connectivity index is 1.53. The summed E-state index contributed by atoms with van der Waals surface area (Å²) in [6.45, 7) is 2.22. The van der Waals surface area contributed by atoms with Crippen LogP contribution >= 0.6 is 0 Å². The zero-order chi connectivity index (χ0) is 20.3. The van der Waals surface area contributed by atoms with Crippen molar-refractivity contribution >= 4 is 28.2 Å². The van der Waals surface area contributed by atoms with Gasteiger partial charge in [0.1, 0.15) is 6.10 Å². The third-order valence-corrected chi connectivity index (χ3v) is 4.99. The van der Waals surface area contributed by atoms with E-state index in [4.69, 9.17) is 15.5 Å². The van der Waals surface area contributed by atoms with Gasteiger partial charge in [-0.1, -0.05) is 18.2 Å². The van der Waals surface area contributed by atoms with Crippen LogP contribution in [-0.4, -0.2) is 39.6 Å². The fourth-order valence-corrected chi connectivity index (χ4v) is 3.56. The van der Waals surface area contributed by atoms with Gasteiger partial charge >= 0.3 is 0 Å². The van der Waals surface area contributed by atoms with E-state index in [1.54, 1.807) is 24.7 Å². The first-order valence-electron chi connectivity index (χ1n) is 9.80. The number of rotatable bonds is 4. The molecule has 1 aliphatic rings. The third-order valence-electron chi connectivity index (χ3n) is 4.99. The van der Waals surface area contributed by atoms with Crippen LogP contribution < -0.4 is 16.4 Å². The number of nitrogens with two attached hydrogens (primary N) is 1. The van der Waals surface area contributed by atoms with E-state index in [2.05, 4.69) is 25.6 Å². The van der Waals surface area contributed by atoms with E-state index in [1.165, 1.54) is 0 Å². The Morgan fingerprint density at radius 3 is 2.90 bits per heavy atom. The predicted octanol–water partition coefficient (Wildman–Crippen LogP) is 3.07. The quantitative estimate of drug-likeness (QED) is 0.480. The van der Waals surface area contributed by atoms with Crippen LogP contribution in [0.15, 0.2) is 61.1 Å². The summed E-state index contributed by atoms with van der Waals surface area (Å²) >= 11 is 0. The van der Waals surface area contributed by atoms with Gasteiger partial charge in [-0.3, -0.25) is 9.97 Å². The molecule has 1 saturated heterocycles. The summed E-state index contributed by atoms with van der Waals surface area (Å²) in [4.78, 5) is 18.2. The lowest BCUT2D eigenvalue weighted by atomic mass is 10.1. The molecule has 4 aromatic rings. The van der Waals surface area contributed by atoms with Crippen LogP contribution in [0.1, 0.15) is 11.8 Å². The van der Waals surface area contributed by atoms with Gasteiger partial charge in [-0.05, 0) is 24.3 Å². The van der Waals surface area contributed by atoms with Crippen molar-refractivity contribution in [3.05, 3.63) is 66.7 Å². The summed E-state index contributed by atoms with van der Waals surface area (Å²) < 4.78 is 5.87. The summed E-state index contributed by atoms with van der Waals surface area (Å²) in [5, 5.41) is 7.58. The van der Waals surface area contributed by atoms with Crippen LogP contribution in [0.3, 0.4) is 0 Å². The van der Waals surface area contributed by atoms with Crippen molar-refractivity contribution in [1.82, 2.24) is 25.3 Å². The van der Waals surface area contributed by atoms with E-state index in [0.29, 0.717) is 18.2 Å². The number of anilines is 3. The standard InChI is InChI=1S/C22H21N7O/c23-15-6-8-25-18(11-15)16-4-1-3-14-12-27-22(29-20(14)16)28-17-5-2-7-26-21(17)19-13-24-9-10-30-19/h1-8,11-12,19,24H,9-10,13H2,(H2,23,25)(H,27,28,29). The molecule has 4 N–H and O–H groups in total. The SMILES string of the molecule is Nc1ccnc(-c2cccc3cnc(Nc4cccnc4C4CNCCO4)nc23)c1. The minimum atomic E-state index is -0.116. The lowest BCUT2D eigenvalue weighted by Crippen LogP contribution is -2.34. The maximum Gasteiger partial charge on any atom is 0.227 e. The molecule has 1 fully saturated rings. The van der Waals surface area contributed by atoms with Crippen molar-refractivity contribution in [2.45, 2.75) is 6.10 Å². The van der Waals surface area contributed by atoms with E-state index < -0.39 is 0 Å². The molecule has 3 aromatic heterocycles. The molecule has 1 unspecified atom stereocenters. The number of nitrogen functional groups attached to an aromatic ring is 1. The van der Waals surface area contributed by atoms with Gasteiger partial charge in [0, 0.05) is 48.3 Å². The topological polar surface area (TPSA) is 111 Å². The molecule has 0 spiro atoms. The van der Waals surface area contributed by atoms with Crippen LogP contribution in [0.5, 0.6) is 0 Å². The minimum absolute atomic E-state index is 0.116. The van der Waals surface area contributed by atoms with Gasteiger partial charge in [-0.25, -0.2) is 9.97 Å². The first-order valence-corrected chi connectivity index (χ1v) is 9.80. The number of morpholine rings is 1. The molecule has 8 heteroatoms. The second-order valence-corrected chi connectivity index (χ2v) is 7.04. The molecule has 0 bridgehead atoms. The molecule has 8 nitrogen and oxygen atoms in total. The Hall–Kier alpha value is -3.62. The van der Waals surface area contributed by atoms with E-state index >= 15 is 0 Å². The number of nitrogens with zero attached hydrogens (tertiary/aromatic N) is 4. The normalized spacial score (nSPS) is 16.5. The van der Waals surface area contributed by atoms with Crippen LogP contribution in [0.2, 0.25) is 0 Å². The Morgan fingerprint density at radius 2 is 2.03 bits per heavy atom. The zero-order valence-electron chi connectivity index (χ0n) is 16.2. The van der Waals surface area contributed by atoms with Gasteiger partial charge in [0.2, 0.25) is 5.95 Å². The molecule has 30 heavy (non-hydrogen) atoms. The van der Waals surface area contributed by atoms with Crippen molar-refractivity contribution in [2.24, 2.45) is 0 Å². The van der Waals surface area contributed by atoms with Crippen LogP contribution in [0.4, 0.5) is 17.3 Å². The molecular weight excluding hydrogens is 378 g/mol.